The quantitative estimate of drug-likeness (QED) is 0.892. The molecule has 2 unspecified atom stereocenters. The zero-order chi connectivity index (χ0) is 17.8. The number of likely N-dealkylation sites (tertiary alicyclic amines) is 1. The van der Waals surface area contributed by atoms with Crippen LogP contribution in [-0.4, -0.2) is 42.3 Å². The Morgan fingerprint density at radius 2 is 1.96 bits per heavy atom. The molecule has 25 heavy (non-hydrogen) atoms. The minimum Gasteiger partial charge on any atom is -0.343 e. The molecule has 1 aromatic rings. The first-order valence-electron chi connectivity index (χ1n) is 8.89. The normalized spacial score (nSPS) is 26.7. The summed E-state index contributed by atoms with van der Waals surface area (Å²) in [4.78, 5) is 39.7. The van der Waals surface area contributed by atoms with Crippen molar-refractivity contribution in [1.82, 2.24) is 4.90 Å². The summed E-state index contributed by atoms with van der Waals surface area (Å²) in [6.07, 6.45) is 2.44. The van der Waals surface area contributed by atoms with E-state index in [1.54, 1.807) is 18.7 Å². The molecule has 4 rings (SSSR count). The monoisotopic (exact) mass is 341 g/mol. The molecule has 1 N–H and O–H groups in total. The van der Waals surface area contributed by atoms with Gasteiger partial charge in [0.25, 0.3) is 0 Å². The summed E-state index contributed by atoms with van der Waals surface area (Å²) in [5, 5.41) is 3.05. The van der Waals surface area contributed by atoms with Gasteiger partial charge in [-0.05, 0) is 42.9 Å². The van der Waals surface area contributed by atoms with Gasteiger partial charge in [0, 0.05) is 44.9 Å². The van der Waals surface area contributed by atoms with Crippen molar-refractivity contribution in [1.29, 1.82) is 0 Å². The summed E-state index contributed by atoms with van der Waals surface area (Å²) in [6.45, 7) is 5.19. The molecule has 0 radical (unpaired) electrons. The van der Waals surface area contributed by atoms with Crippen molar-refractivity contribution in [3.63, 3.8) is 0 Å². The van der Waals surface area contributed by atoms with E-state index in [2.05, 4.69) is 5.32 Å². The van der Waals surface area contributed by atoms with Gasteiger partial charge >= 0.3 is 0 Å². The van der Waals surface area contributed by atoms with Gasteiger partial charge in [-0.1, -0.05) is 6.07 Å². The number of nitrogens with one attached hydrogen (secondary N) is 1. The molecule has 3 amide bonds. The maximum Gasteiger partial charge on any atom is 0.231 e. The Labute approximate surface area is 147 Å². The van der Waals surface area contributed by atoms with Crippen molar-refractivity contribution in [2.24, 2.45) is 11.3 Å². The summed E-state index contributed by atoms with van der Waals surface area (Å²) < 4.78 is 0. The second kappa shape index (κ2) is 5.58. The van der Waals surface area contributed by atoms with Gasteiger partial charge in [0.1, 0.15) is 0 Å². The van der Waals surface area contributed by atoms with Crippen molar-refractivity contribution in [3.05, 3.63) is 23.8 Å². The average molecular weight is 341 g/mol. The van der Waals surface area contributed by atoms with Gasteiger partial charge in [-0.3, -0.25) is 14.4 Å². The molecule has 0 spiro atoms. The second-order valence-electron chi connectivity index (χ2n) is 7.49. The average Bonchev–Trinajstić information content (AvgIpc) is 3.17. The maximum atomic E-state index is 12.8. The fourth-order valence-corrected chi connectivity index (χ4v) is 4.34. The molecule has 1 saturated carbocycles. The van der Waals surface area contributed by atoms with Gasteiger partial charge in [-0.25, -0.2) is 0 Å². The van der Waals surface area contributed by atoms with Crippen LogP contribution in [0.1, 0.15) is 32.3 Å². The Kier molecular flexibility index (Phi) is 3.60. The Morgan fingerprint density at radius 3 is 2.64 bits per heavy atom. The van der Waals surface area contributed by atoms with Crippen LogP contribution in [0.2, 0.25) is 0 Å². The van der Waals surface area contributed by atoms with E-state index in [9.17, 15) is 14.4 Å². The first-order chi connectivity index (χ1) is 11.9. The summed E-state index contributed by atoms with van der Waals surface area (Å²) in [6, 6.07) is 5.81. The minimum atomic E-state index is -0.314. The third-order valence-corrected chi connectivity index (χ3v) is 6.02. The third-order valence-electron chi connectivity index (χ3n) is 6.02. The number of carbonyl (C=O) groups excluding carboxylic acids is 3. The van der Waals surface area contributed by atoms with Crippen LogP contribution < -0.4 is 10.2 Å². The molecule has 1 saturated heterocycles. The van der Waals surface area contributed by atoms with E-state index < -0.39 is 0 Å². The molecule has 2 atom stereocenters. The summed E-state index contributed by atoms with van der Waals surface area (Å²) in [5.41, 5.74) is 2.48. The smallest absolute Gasteiger partial charge is 0.231 e. The van der Waals surface area contributed by atoms with Crippen LogP contribution in [0.25, 0.3) is 0 Å². The van der Waals surface area contributed by atoms with Gasteiger partial charge in [-0.2, -0.15) is 0 Å². The number of benzene rings is 1. The highest BCUT2D eigenvalue weighted by Crippen LogP contribution is 2.58. The molecule has 2 fully saturated rings. The number of nitrogens with zero attached hydrogens (tertiary/aromatic N) is 2. The fourth-order valence-electron chi connectivity index (χ4n) is 4.34. The number of piperidine rings is 1. The maximum absolute atomic E-state index is 12.8. The van der Waals surface area contributed by atoms with Crippen molar-refractivity contribution >= 4 is 29.1 Å². The van der Waals surface area contributed by atoms with Crippen LogP contribution in [0, 0.1) is 11.3 Å². The van der Waals surface area contributed by atoms with Gasteiger partial charge in [0.2, 0.25) is 17.7 Å². The van der Waals surface area contributed by atoms with Gasteiger partial charge < -0.3 is 15.1 Å². The molecular formula is C19H23N3O3. The van der Waals surface area contributed by atoms with Crippen LogP contribution >= 0.6 is 0 Å². The van der Waals surface area contributed by atoms with E-state index in [4.69, 9.17) is 0 Å². The zero-order valence-electron chi connectivity index (χ0n) is 14.7. The standard InChI is InChI=1S/C19H23N3O3/c1-12(23)21-8-6-19(10-15(19)11-21)18(25)20-16-4-3-14-5-7-22(13(2)24)17(14)9-16/h3-4,9,15H,5-8,10-11H2,1-2H3,(H,20,25). The van der Waals surface area contributed by atoms with Crippen LogP contribution in [-0.2, 0) is 20.8 Å². The van der Waals surface area contributed by atoms with E-state index in [0.717, 1.165) is 36.2 Å². The van der Waals surface area contributed by atoms with Crippen LogP contribution in [0.4, 0.5) is 11.4 Å². The SMILES string of the molecule is CC(=O)N1CCC2(C(=O)Nc3ccc4c(c3)N(C(C)=O)CC4)CC2C1. The summed E-state index contributed by atoms with van der Waals surface area (Å²) in [5.74, 6) is 0.435. The summed E-state index contributed by atoms with van der Waals surface area (Å²) in [7, 11) is 0. The second-order valence-corrected chi connectivity index (χ2v) is 7.49. The molecule has 1 aromatic carbocycles. The molecule has 2 aliphatic heterocycles. The van der Waals surface area contributed by atoms with E-state index >= 15 is 0 Å². The molecule has 0 aromatic heterocycles. The number of amides is 3. The molecule has 6 nitrogen and oxygen atoms in total. The lowest BCUT2D eigenvalue weighted by atomic mass is 9.94. The highest BCUT2D eigenvalue weighted by Gasteiger charge is 2.61. The Bertz CT molecular complexity index is 775. The molecule has 6 heteroatoms. The molecule has 2 heterocycles. The topological polar surface area (TPSA) is 69.7 Å². The van der Waals surface area contributed by atoms with Crippen LogP contribution in [0.3, 0.4) is 0 Å². The molecule has 0 bridgehead atoms. The first kappa shape index (κ1) is 16.1. The van der Waals surface area contributed by atoms with E-state index in [1.165, 1.54) is 0 Å². The van der Waals surface area contributed by atoms with Crippen molar-refractivity contribution in [2.75, 3.05) is 29.9 Å². The zero-order valence-corrected chi connectivity index (χ0v) is 14.7. The van der Waals surface area contributed by atoms with E-state index in [1.807, 2.05) is 23.1 Å². The fraction of sp³-hybridized carbons (Fsp3) is 0.526. The Morgan fingerprint density at radius 1 is 1.16 bits per heavy atom. The molecule has 132 valence electrons. The predicted molar refractivity (Wildman–Crippen MR) is 94.2 cm³/mol. The van der Waals surface area contributed by atoms with Crippen molar-refractivity contribution in [2.45, 2.75) is 33.1 Å². The molecular weight excluding hydrogens is 318 g/mol. The van der Waals surface area contributed by atoms with Gasteiger partial charge in [-0.15, -0.1) is 0 Å². The lowest BCUT2D eigenvalue weighted by molar-refractivity contribution is -0.132. The Balaban J connectivity index is 1.47. The van der Waals surface area contributed by atoms with E-state index in [-0.39, 0.29) is 29.1 Å². The highest BCUT2D eigenvalue weighted by molar-refractivity contribution is 6.00. The highest BCUT2D eigenvalue weighted by atomic mass is 16.2. The van der Waals surface area contributed by atoms with Crippen LogP contribution in [0.5, 0.6) is 0 Å². The molecule has 3 aliphatic rings. The number of fused-ring (bicyclic) bond motifs is 2. The van der Waals surface area contributed by atoms with Gasteiger partial charge in [0.05, 0.1) is 5.41 Å². The van der Waals surface area contributed by atoms with Gasteiger partial charge in [0.15, 0.2) is 0 Å². The number of hydrogen-bond acceptors (Lipinski definition) is 3. The van der Waals surface area contributed by atoms with Crippen molar-refractivity contribution < 1.29 is 14.4 Å². The third kappa shape index (κ3) is 2.60. The number of anilines is 2. The Hall–Kier alpha value is -2.37. The largest absolute Gasteiger partial charge is 0.343 e. The number of hydrogen-bond donors (Lipinski definition) is 1. The first-order valence-corrected chi connectivity index (χ1v) is 8.89. The number of carbonyl (C=O) groups is 3. The lowest BCUT2D eigenvalue weighted by Crippen LogP contribution is -2.41. The lowest BCUT2D eigenvalue weighted by Gasteiger charge is -2.30. The minimum absolute atomic E-state index is 0.0275. The molecule has 1 aliphatic carbocycles. The summed E-state index contributed by atoms with van der Waals surface area (Å²) >= 11 is 0. The predicted octanol–water partition coefficient (Wildman–Crippen LogP) is 1.79. The van der Waals surface area contributed by atoms with Crippen LogP contribution in [0.15, 0.2) is 18.2 Å². The number of rotatable bonds is 2. The van der Waals surface area contributed by atoms with Crippen molar-refractivity contribution in [3.8, 4) is 0 Å². The van der Waals surface area contributed by atoms with E-state index in [0.29, 0.717) is 19.6 Å².